The Morgan fingerprint density at radius 3 is 2.62 bits per heavy atom. The molecule has 0 spiro atoms. The van der Waals surface area contributed by atoms with Gasteiger partial charge in [-0.3, -0.25) is 9.89 Å². The van der Waals surface area contributed by atoms with E-state index in [4.69, 9.17) is 0 Å². The normalized spacial score (nSPS) is 11.2. The number of para-hydroxylation sites is 1. The molecule has 0 atom stereocenters. The number of amides is 2. The minimum Gasteiger partial charge on any atom is -0.306 e. The van der Waals surface area contributed by atoms with Gasteiger partial charge >= 0.3 is 6.03 Å². The second-order valence-electron chi connectivity index (χ2n) is 6.81. The molecule has 6 nitrogen and oxygen atoms in total. The molecule has 0 radical (unpaired) electrons. The number of rotatable bonds is 4. The maximum atomic E-state index is 12.9. The van der Waals surface area contributed by atoms with Crippen LogP contribution in [0.5, 0.6) is 0 Å². The molecular formula is C22H23BrN4O2. The highest BCUT2D eigenvalue weighted by atomic mass is 79.9. The van der Waals surface area contributed by atoms with Gasteiger partial charge in [0.2, 0.25) is 0 Å². The maximum Gasteiger partial charge on any atom is 0.345 e. The Morgan fingerprint density at radius 2 is 1.90 bits per heavy atom. The van der Waals surface area contributed by atoms with E-state index in [9.17, 15) is 9.59 Å². The second kappa shape index (κ2) is 8.61. The van der Waals surface area contributed by atoms with Crippen LogP contribution in [0.1, 0.15) is 34.9 Å². The number of aliphatic imine (C=N–C) groups is 1. The zero-order valence-electron chi connectivity index (χ0n) is 16.8. The van der Waals surface area contributed by atoms with Crippen LogP contribution >= 0.6 is 15.9 Å². The van der Waals surface area contributed by atoms with Crippen molar-refractivity contribution in [3.63, 3.8) is 0 Å². The van der Waals surface area contributed by atoms with E-state index in [0.29, 0.717) is 11.3 Å². The van der Waals surface area contributed by atoms with E-state index in [1.54, 1.807) is 6.92 Å². The number of H-pyrrole nitrogens is 1. The molecule has 0 aliphatic rings. The lowest BCUT2D eigenvalue weighted by atomic mass is 10.1. The van der Waals surface area contributed by atoms with Crippen LogP contribution in [0.3, 0.4) is 0 Å². The molecule has 0 bridgehead atoms. The van der Waals surface area contributed by atoms with Gasteiger partial charge in [0.25, 0.3) is 5.56 Å². The van der Waals surface area contributed by atoms with Crippen LogP contribution < -0.4 is 10.9 Å². The summed E-state index contributed by atoms with van der Waals surface area (Å²) in [5.74, 6) is 0. The smallest absolute Gasteiger partial charge is 0.306 e. The topological polar surface area (TPSA) is 79.2 Å². The summed E-state index contributed by atoms with van der Waals surface area (Å²) in [6, 6.07) is 10.8. The highest BCUT2D eigenvalue weighted by Gasteiger charge is 2.14. The van der Waals surface area contributed by atoms with E-state index in [1.807, 2.05) is 57.2 Å². The number of hydrogen-bond acceptors (Lipinski definition) is 2. The number of carbonyl (C=O) groups is 1. The molecule has 2 N–H and O–H groups in total. The third-order valence-electron chi connectivity index (χ3n) is 5.00. The van der Waals surface area contributed by atoms with Crippen molar-refractivity contribution in [2.24, 2.45) is 4.99 Å². The lowest BCUT2D eigenvalue weighted by Crippen LogP contribution is -2.19. The first-order valence-corrected chi connectivity index (χ1v) is 10.1. The SMILES string of the molecule is CCc1ccccc1NC(=O)N=Cc1c(C)[nH]n(-c2ccc(Br)c(C)c2C)c1=O. The Balaban J connectivity index is 1.88. The minimum absolute atomic E-state index is 0.252. The predicted molar refractivity (Wildman–Crippen MR) is 121 cm³/mol. The van der Waals surface area contributed by atoms with Gasteiger partial charge in [-0.05, 0) is 62.1 Å². The molecule has 0 aliphatic heterocycles. The third kappa shape index (κ3) is 4.24. The first kappa shape index (κ1) is 20.8. The van der Waals surface area contributed by atoms with Gasteiger partial charge in [0, 0.05) is 22.1 Å². The zero-order valence-corrected chi connectivity index (χ0v) is 18.4. The standard InChI is InChI=1S/C22H23BrN4O2/c1-5-16-8-6-7-9-19(16)25-22(29)24-12-17-15(4)26-27(21(17)28)20-11-10-18(23)13(2)14(20)3/h6-12,26H,5H2,1-4H3,(H,25,29). The van der Waals surface area contributed by atoms with E-state index in [0.717, 1.165) is 39.0 Å². The summed E-state index contributed by atoms with van der Waals surface area (Å²) in [5, 5.41) is 5.85. The fourth-order valence-electron chi connectivity index (χ4n) is 3.12. The number of benzene rings is 2. The molecular weight excluding hydrogens is 432 g/mol. The fraction of sp³-hybridized carbons (Fsp3) is 0.227. The van der Waals surface area contributed by atoms with Crippen molar-refractivity contribution in [1.29, 1.82) is 0 Å². The van der Waals surface area contributed by atoms with E-state index in [-0.39, 0.29) is 5.56 Å². The van der Waals surface area contributed by atoms with Crippen LogP contribution in [0.15, 0.2) is 50.7 Å². The number of carbonyl (C=O) groups excluding carboxylic acids is 1. The Bertz CT molecular complexity index is 1160. The number of nitrogens with one attached hydrogen (secondary N) is 2. The molecule has 3 rings (SSSR count). The summed E-state index contributed by atoms with van der Waals surface area (Å²) in [7, 11) is 0. The van der Waals surface area contributed by atoms with Crippen LogP contribution in [-0.2, 0) is 6.42 Å². The van der Waals surface area contributed by atoms with Crippen molar-refractivity contribution in [2.75, 3.05) is 5.32 Å². The van der Waals surface area contributed by atoms with Crippen LogP contribution in [0.4, 0.5) is 10.5 Å². The van der Waals surface area contributed by atoms with Crippen molar-refractivity contribution in [1.82, 2.24) is 9.78 Å². The van der Waals surface area contributed by atoms with Crippen LogP contribution in [0.2, 0.25) is 0 Å². The Labute approximate surface area is 177 Å². The Kier molecular flexibility index (Phi) is 6.17. The summed E-state index contributed by atoms with van der Waals surface area (Å²) in [6.45, 7) is 7.76. The summed E-state index contributed by atoms with van der Waals surface area (Å²) < 4.78 is 2.47. The lowest BCUT2D eigenvalue weighted by molar-refractivity contribution is 0.259. The molecule has 0 fully saturated rings. The quantitative estimate of drug-likeness (QED) is 0.539. The number of halogens is 1. The van der Waals surface area contributed by atoms with Gasteiger partial charge in [0.15, 0.2) is 0 Å². The van der Waals surface area contributed by atoms with Crippen LogP contribution in [0, 0.1) is 20.8 Å². The van der Waals surface area contributed by atoms with Gasteiger partial charge in [-0.25, -0.2) is 14.5 Å². The maximum absolute atomic E-state index is 12.9. The van der Waals surface area contributed by atoms with Crippen molar-refractivity contribution in [3.05, 3.63) is 79.2 Å². The molecule has 1 aromatic heterocycles. The molecule has 0 aliphatic carbocycles. The van der Waals surface area contributed by atoms with Crippen molar-refractivity contribution < 1.29 is 4.79 Å². The molecule has 7 heteroatoms. The minimum atomic E-state index is -0.520. The summed E-state index contributed by atoms with van der Waals surface area (Å²) >= 11 is 3.51. The second-order valence-corrected chi connectivity index (χ2v) is 7.66. The molecule has 0 saturated heterocycles. The Hall–Kier alpha value is -2.93. The predicted octanol–water partition coefficient (Wildman–Crippen LogP) is 5.07. The molecule has 1 heterocycles. The largest absolute Gasteiger partial charge is 0.345 e. The third-order valence-corrected chi connectivity index (χ3v) is 5.86. The van der Waals surface area contributed by atoms with Crippen LogP contribution in [-0.4, -0.2) is 22.0 Å². The van der Waals surface area contributed by atoms with Gasteiger partial charge < -0.3 is 5.32 Å². The molecule has 3 aromatic rings. The number of aryl methyl sites for hydroxylation is 2. The number of anilines is 1. The molecule has 29 heavy (non-hydrogen) atoms. The number of hydrogen-bond donors (Lipinski definition) is 2. The zero-order chi connectivity index (χ0) is 21.1. The van der Waals surface area contributed by atoms with Crippen molar-refractivity contribution in [3.8, 4) is 5.69 Å². The molecule has 2 aromatic carbocycles. The van der Waals surface area contributed by atoms with E-state index in [1.165, 1.54) is 10.9 Å². The fourth-order valence-corrected chi connectivity index (χ4v) is 3.55. The lowest BCUT2D eigenvalue weighted by Gasteiger charge is -2.10. The molecule has 0 saturated carbocycles. The first-order chi connectivity index (χ1) is 13.8. The number of urea groups is 1. The first-order valence-electron chi connectivity index (χ1n) is 9.34. The van der Waals surface area contributed by atoms with Gasteiger partial charge in [-0.2, -0.15) is 0 Å². The summed E-state index contributed by atoms with van der Waals surface area (Å²) in [4.78, 5) is 29.1. The van der Waals surface area contributed by atoms with E-state index >= 15 is 0 Å². The van der Waals surface area contributed by atoms with Crippen molar-refractivity contribution >= 4 is 33.9 Å². The van der Waals surface area contributed by atoms with Gasteiger partial charge in [0.05, 0.1) is 11.3 Å². The average Bonchev–Trinajstić information content (AvgIpc) is 2.98. The average molecular weight is 455 g/mol. The van der Waals surface area contributed by atoms with Gasteiger partial charge in [-0.1, -0.05) is 41.1 Å². The summed E-state index contributed by atoms with van der Waals surface area (Å²) in [6.07, 6.45) is 2.11. The number of nitrogens with zero attached hydrogens (tertiary/aromatic N) is 2. The Morgan fingerprint density at radius 1 is 1.17 bits per heavy atom. The van der Waals surface area contributed by atoms with E-state index in [2.05, 4.69) is 31.3 Å². The van der Waals surface area contributed by atoms with Gasteiger partial charge in [-0.15, -0.1) is 0 Å². The van der Waals surface area contributed by atoms with Crippen LogP contribution in [0.25, 0.3) is 5.69 Å². The molecule has 0 unspecified atom stereocenters. The monoisotopic (exact) mass is 454 g/mol. The molecule has 2 amide bonds. The highest BCUT2D eigenvalue weighted by molar-refractivity contribution is 9.10. The number of aromatic amines is 1. The van der Waals surface area contributed by atoms with Crippen molar-refractivity contribution in [2.45, 2.75) is 34.1 Å². The number of aromatic nitrogens is 2. The highest BCUT2D eigenvalue weighted by Crippen LogP contribution is 2.24. The van der Waals surface area contributed by atoms with E-state index < -0.39 is 6.03 Å². The molecule has 150 valence electrons. The summed E-state index contributed by atoms with van der Waals surface area (Å²) in [5.41, 5.74) is 5.30. The van der Waals surface area contributed by atoms with Gasteiger partial charge in [0.1, 0.15) is 0 Å².